The molecular formula is C39H55N13O2. The number of aryl methyl sites for hydroxylation is 4. The van der Waals surface area contributed by atoms with Crippen LogP contribution in [0.3, 0.4) is 0 Å². The summed E-state index contributed by atoms with van der Waals surface area (Å²) in [6.45, 7) is 19.7. The number of fused-ring (bicyclic) bond motifs is 2. The number of likely N-dealkylation sites (N-methyl/N-ethyl adjacent to an activating group) is 2. The van der Waals surface area contributed by atoms with Gasteiger partial charge in [0.25, 0.3) is 11.8 Å². The molecule has 0 saturated carbocycles. The number of amidine groups is 2. The van der Waals surface area contributed by atoms with Gasteiger partial charge in [-0.1, -0.05) is 12.1 Å². The van der Waals surface area contributed by atoms with E-state index >= 15 is 0 Å². The maximum atomic E-state index is 8.87. The molecule has 15 nitrogen and oxygen atoms in total. The first-order chi connectivity index (χ1) is 26.0. The number of ether oxygens (including phenoxy) is 2. The zero-order valence-corrected chi connectivity index (χ0v) is 32.7. The summed E-state index contributed by atoms with van der Waals surface area (Å²) >= 11 is 0. The van der Waals surface area contributed by atoms with Gasteiger partial charge >= 0.3 is 0 Å². The SMILES string of the molecule is Cc1ccc2c(N=C3N=C(Nc4c(OCCCN5CCN(C)CC5)nn5c(C)c(C)ccc45)C(=N)C=C3N)c(OCCCN3CCN(C)CC3)nn2c1C. The molecule has 0 amide bonds. The van der Waals surface area contributed by atoms with Gasteiger partial charge in [-0.25, -0.2) is 19.0 Å². The Morgan fingerprint density at radius 2 is 1.26 bits per heavy atom. The van der Waals surface area contributed by atoms with Crippen molar-refractivity contribution in [3.8, 4) is 11.8 Å². The minimum atomic E-state index is 0.127. The van der Waals surface area contributed by atoms with E-state index < -0.39 is 0 Å². The molecular weight excluding hydrogens is 683 g/mol. The number of dihydropyridines is 1. The van der Waals surface area contributed by atoms with Crippen LogP contribution >= 0.6 is 0 Å². The molecule has 4 aromatic rings. The van der Waals surface area contributed by atoms with Gasteiger partial charge < -0.3 is 40.1 Å². The van der Waals surface area contributed by atoms with Crippen molar-refractivity contribution in [1.82, 2.24) is 38.8 Å². The molecule has 0 aliphatic carbocycles. The van der Waals surface area contributed by atoms with E-state index in [2.05, 4.69) is 65.0 Å². The Kier molecular flexibility index (Phi) is 11.3. The standard InChI is InChI=1S/C39H55N13O2/c1-26-9-11-32-34(38(45-51(32)28(26)3)53-23-7-13-49-19-15-47(5)16-20-49)42-36-30(40)25-31(41)37(44-36)43-35-33-12-10-27(2)29(4)52(33)46-39(35)54-24-8-14-50-21-17-48(6)18-22-50/h9-12,25,40H,7-8,13-24,41H2,1-6H3,(H,42,43,44). The number of hydrogen-bond acceptors (Lipinski definition) is 12. The molecule has 3 aliphatic heterocycles. The smallest absolute Gasteiger partial charge is 0.260 e. The van der Waals surface area contributed by atoms with Gasteiger partial charge in [0.1, 0.15) is 5.69 Å². The second-order valence-corrected chi connectivity index (χ2v) is 14.9. The van der Waals surface area contributed by atoms with Crippen LogP contribution in [0.5, 0.6) is 11.8 Å². The van der Waals surface area contributed by atoms with Crippen molar-refractivity contribution in [2.24, 2.45) is 15.7 Å². The normalized spacial score (nSPS) is 18.9. The summed E-state index contributed by atoms with van der Waals surface area (Å²) < 4.78 is 16.4. The molecule has 54 heavy (non-hydrogen) atoms. The summed E-state index contributed by atoms with van der Waals surface area (Å²) in [5.41, 5.74) is 14.0. The first-order valence-corrected chi connectivity index (χ1v) is 19.1. The number of nitrogens with two attached hydrogens (primary N) is 1. The van der Waals surface area contributed by atoms with Gasteiger partial charge in [0.15, 0.2) is 17.4 Å². The average Bonchev–Trinajstić information content (AvgIpc) is 3.69. The van der Waals surface area contributed by atoms with Crippen LogP contribution in [0.1, 0.15) is 35.4 Å². The maximum absolute atomic E-state index is 8.87. The van der Waals surface area contributed by atoms with E-state index in [1.165, 1.54) is 0 Å². The minimum Gasteiger partial charge on any atom is -0.475 e. The first kappa shape index (κ1) is 37.5. The molecule has 0 aromatic carbocycles. The number of aliphatic imine (C=N–C) groups is 2. The summed E-state index contributed by atoms with van der Waals surface area (Å²) in [6, 6.07) is 8.13. The Balaban J connectivity index is 1.14. The van der Waals surface area contributed by atoms with E-state index in [1.807, 2.05) is 35.0 Å². The number of hydrogen-bond donors (Lipinski definition) is 3. The minimum absolute atomic E-state index is 0.127. The van der Waals surface area contributed by atoms with Crippen LogP contribution in [0.4, 0.5) is 11.4 Å². The molecule has 15 heteroatoms. The van der Waals surface area contributed by atoms with Gasteiger partial charge in [0.05, 0.1) is 35.7 Å². The highest BCUT2D eigenvalue weighted by molar-refractivity contribution is 6.52. The average molecular weight is 738 g/mol. The lowest BCUT2D eigenvalue weighted by atomic mass is 10.2. The predicted molar refractivity (Wildman–Crippen MR) is 216 cm³/mol. The summed E-state index contributed by atoms with van der Waals surface area (Å²) in [5.74, 6) is 1.44. The molecule has 7 rings (SSSR count). The van der Waals surface area contributed by atoms with E-state index in [4.69, 9.17) is 40.8 Å². The fourth-order valence-electron chi connectivity index (χ4n) is 7.02. The quantitative estimate of drug-likeness (QED) is 0.184. The van der Waals surface area contributed by atoms with Crippen LogP contribution in [0.2, 0.25) is 0 Å². The van der Waals surface area contributed by atoms with Crippen LogP contribution in [0, 0.1) is 33.1 Å². The van der Waals surface area contributed by atoms with Crippen LogP contribution < -0.4 is 20.5 Å². The molecule has 2 fully saturated rings. The highest BCUT2D eigenvalue weighted by atomic mass is 16.5. The molecule has 288 valence electrons. The van der Waals surface area contributed by atoms with E-state index in [0.717, 1.165) is 112 Å². The molecule has 4 aromatic heterocycles. The van der Waals surface area contributed by atoms with E-state index in [0.29, 0.717) is 36.3 Å². The highest BCUT2D eigenvalue weighted by Gasteiger charge is 2.25. The third-order valence-electron chi connectivity index (χ3n) is 10.9. The molecule has 3 aliphatic rings. The van der Waals surface area contributed by atoms with Gasteiger partial charge in [-0.3, -0.25) is 5.41 Å². The predicted octanol–water partition coefficient (Wildman–Crippen LogP) is 3.66. The van der Waals surface area contributed by atoms with Gasteiger partial charge in [-0.15, -0.1) is 10.2 Å². The summed E-state index contributed by atoms with van der Waals surface area (Å²) in [7, 11) is 4.34. The van der Waals surface area contributed by atoms with E-state index in [9.17, 15) is 0 Å². The summed E-state index contributed by atoms with van der Waals surface area (Å²) in [4.78, 5) is 19.5. The second-order valence-electron chi connectivity index (χ2n) is 14.9. The van der Waals surface area contributed by atoms with Crippen molar-refractivity contribution in [3.63, 3.8) is 0 Å². The van der Waals surface area contributed by atoms with Crippen LogP contribution in [0.15, 0.2) is 46.0 Å². The van der Waals surface area contributed by atoms with Crippen molar-refractivity contribution in [2.75, 3.05) is 98.1 Å². The largest absolute Gasteiger partial charge is 0.475 e. The zero-order chi connectivity index (χ0) is 37.9. The number of aromatic nitrogens is 4. The molecule has 4 N–H and O–H groups in total. The Hall–Kier alpha value is -4.83. The fourth-order valence-corrected chi connectivity index (χ4v) is 7.02. The number of nitrogens with zero attached hydrogens (tertiary/aromatic N) is 10. The molecule has 0 bridgehead atoms. The van der Waals surface area contributed by atoms with Crippen molar-refractivity contribution >= 4 is 39.8 Å². The highest BCUT2D eigenvalue weighted by Crippen LogP contribution is 2.35. The van der Waals surface area contributed by atoms with Gasteiger partial charge in [0.2, 0.25) is 0 Å². The Bertz CT molecular complexity index is 2100. The Morgan fingerprint density at radius 1 is 0.741 bits per heavy atom. The van der Waals surface area contributed by atoms with Crippen LogP contribution in [0.25, 0.3) is 11.0 Å². The lowest BCUT2D eigenvalue weighted by Gasteiger charge is -2.32. The van der Waals surface area contributed by atoms with Gasteiger partial charge in [0, 0.05) is 76.8 Å². The van der Waals surface area contributed by atoms with Crippen LogP contribution in [-0.2, 0) is 0 Å². The topological polar surface area (TPSA) is 153 Å². The van der Waals surface area contributed by atoms with E-state index in [1.54, 1.807) is 6.08 Å². The molecule has 0 spiro atoms. The number of piperazine rings is 2. The van der Waals surface area contributed by atoms with E-state index in [-0.39, 0.29) is 23.1 Å². The monoisotopic (exact) mass is 737 g/mol. The van der Waals surface area contributed by atoms with Crippen LogP contribution in [-0.4, -0.2) is 149 Å². The first-order valence-electron chi connectivity index (χ1n) is 19.1. The molecule has 7 heterocycles. The maximum Gasteiger partial charge on any atom is 0.260 e. The third kappa shape index (κ3) is 8.14. The molecule has 0 atom stereocenters. The summed E-state index contributed by atoms with van der Waals surface area (Å²) in [5, 5.41) is 22.0. The Labute approximate surface area is 317 Å². The number of rotatable bonds is 12. The molecule has 0 unspecified atom stereocenters. The molecule has 2 saturated heterocycles. The van der Waals surface area contributed by atoms with Gasteiger partial charge in [-0.2, -0.15) is 0 Å². The number of anilines is 1. The van der Waals surface area contributed by atoms with Crippen molar-refractivity contribution < 1.29 is 9.47 Å². The molecule has 0 radical (unpaired) electrons. The van der Waals surface area contributed by atoms with Crippen molar-refractivity contribution in [1.29, 1.82) is 5.41 Å². The van der Waals surface area contributed by atoms with Crippen molar-refractivity contribution in [3.05, 3.63) is 58.6 Å². The van der Waals surface area contributed by atoms with Crippen molar-refractivity contribution in [2.45, 2.75) is 40.5 Å². The number of nitrogens with one attached hydrogen (secondary N) is 2. The fraction of sp³-hybridized carbons (Fsp3) is 0.513. The second kappa shape index (κ2) is 16.3. The lowest BCUT2D eigenvalue weighted by Crippen LogP contribution is -2.44. The Morgan fingerprint density at radius 3 is 1.85 bits per heavy atom. The summed E-state index contributed by atoms with van der Waals surface area (Å²) in [6.07, 6.45) is 3.32. The number of pyridine rings is 2. The third-order valence-corrected chi connectivity index (χ3v) is 10.9. The van der Waals surface area contributed by atoms with Gasteiger partial charge in [-0.05, 0) is 84.0 Å². The zero-order valence-electron chi connectivity index (χ0n) is 32.7. The lowest BCUT2D eigenvalue weighted by molar-refractivity contribution is 0.145.